The van der Waals surface area contributed by atoms with Crippen LogP contribution in [0.1, 0.15) is 54.5 Å². The molecule has 0 spiro atoms. The van der Waals surface area contributed by atoms with Crippen LogP contribution in [0.4, 0.5) is 5.69 Å². The van der Waals surface area contributed by atoms with Gasteiger partial charge in [0, 0.05) is 11.1 Å². The minimum absolute atomic E-state index is 0.0535. The highest BCUT2D eigenvalue weighted by Crippen LogP contribution is 2.22. The van der Waals surface area contributed by atoms with Crippen molar-refractivity contribution in [1.29, 1.82) is 0 Å². The van der Waals surface area contributed by atoms with Crippen LogP contribution in [0.5, 0.6) is 0 Å². The maximum absolute atomic E-state index is 12.3. The zero-order valence-corrected chi connectivity index (χ0v) is 15.3. The van der Waals surface area contributed by atoms with Gasteiger partial charge in [-0.3, -0.25) is 19.6 Å². The first-order valence-electron chi connectivity index (χ1n) is 8.24. The van der Waals surface area contributed by atoms with Crippen molar-refractivity contribution in [3.8, 4) is 0 Å². The summed E-state index contributed by atoms with van der Waals surface area (Å²) in [5.74, 6) is -0.111. The number of nitro groups is 1. The van der Waals surface area contributed by atoms with E-state index in [9.17, 15) is 14.9 Å². The Kier molecular flexibility index (Phi) is 5.25. The van der Waals surface area contributed by atoms with Crippen molar-refractivity contribution in [1.82, 2.24) is 15.1 Å². The molecule has 0 saturated heterocycles. The molecular formula is C18H24N4O3. The predicted molar refractivity (Wildman–Crippen MR) is 95.7 cm³/mol. The van der Waals surface area contributed by atoms with Gasteiger partial charge in [-0.15, -0.1) is 0 Å². The van der Waals surface area contributed by atoms with Crippen LogP contribution in [0.15, 0.2) is 24.3 Å². The number of rotatable bonds is 6. The van der Waals surface area contributed by atoms with Gasteiger partial charge in [-0.2, -0.15) is 5.10 Å². The maximum Gasteiger partial charge on any atom is 0.312 e. The third kappa shape index (κ3) is 4.23. The Labute approximate surface area is 147 Å². The molecule has 0 aliphatic rings. The Hall–Kier alpha value is -2.70. The average Bonchev–Trinajstić information content (AvgIpc) is 2.81. The summed E-state index contributed by atoms with van der Waals surface area (Å²) in [6, 6.07) is 7.21. The predicted octanol–water partition coefficient (Wildman–Crippen LogP) is 3.37. The average molecular weight is 344 g/mol. The van der Waals surface area contributed by atoms with Crippen LogP contribution in [0.3, 0.4) is 0 Å². The highest BCUT2D eigenvalue weighted by Gasteiger charge is 2.22. The molecule has 2 rings (SSSR count). The lowest BCUT2D eigenvalue weighted by atomic mass is 10.0. The van der Waals surface area contributed by atoms with E-state index in [2.05, 4.69) is 10.4 Å². The van der Waals surface area contributed by atoms with E-state index in [-0.39, 0.29) is 17.1 Å². The zero-order valence-electron chi connectivity index (χ0n) is 15.3. The molecule has 1 amide bonds. The molecule has 1 aromatic carbocycles. The van der Waals surface area contributed by atoms with E-state index in [0.717, 1.165) is 12.0 Å². The van der Waals surface area contributed by atoms with Gasteiger partial charge in [-0.1, -0.05) is 19.1 Å². The van der Waals surface area contributed by atoms with Crippen molar-refractivity contribution in [3.05, 3.63) is 56.9 Å². The molecule has 0 saturated carbocycles. The van der Waals surface area contributed by atoms with Crippen molar-refractivity contribution in [2.45, 2.75) is 53.1 Å². The van der Waals surface area contributed by atoms with Crippen LogP contribution in [-0.4, -0.2) is 26.1 Å². The summed E-state index contributed by atoms with van der Waals surface area (Å²) in [6.45, 7) is 9.72. The van der Waals surface area contributed by atoms with E-state index in [0.29, 0.717) is 23.5 Å². The molecule has 2 aromatic rings. The zero-order chi connectivity index (χ0) is 18.8. The topological polar surface area (TPSA) is 90.1 Å². The number of hydrogen-bond acceptors (Lipinski definition) is 4. The largest absolute Gasteiger partial charge is 0.347 e. The second-order valence-electron chi connectivity index (χ2n) is 6.82. The highest BCUT2D eigenvalue weighted by atomic mass is 16.6. The van der Waals surface area contributed by atoms with Gasteiger partial charge in [0.2, 0.25) is 0 Å². The standard InChI is InChI=1S/C18H24N4O3/c1-6-18(4,5)19-17(23)15-9-7-14(8-10-15)11-21-13(3)16(22(24)25)12(2)20-21/h7-10H,6,11H2,1-5H3,(H,19,23). The lowest BCUT2D eigenvalue weighted by molar-refractivity contribution is -0.386. The van der Waals surface area contributed by atoms with E-state index in [1.807, 2.05) is 32.9 Å². The molecule has 7 heteroatoms. The third-order valence-electron chi connectivity index (χ3n) is 4.41. The van der Waals surface area contributed by atoms with Gasteiger partial charge in [0.1, 0.15) is 11.4 Å². The smallest absolute Gasteiger partial charge is 0.312 e. The lowest BCUT2D eigenvalue weighted by Gasteiger charge is -2.24. The van der Waals surface area contributed by atoms with Crippen molar-refractivity contribution >= 4 is 11.6 Å². The Morgan fingerprint density at radius 2 is 1.88 bits per heavy atom. The van der Waals surface area contributed by atoms with Crippen molar-refractivity contribution in [3.63, 3.8) is 0 Å². The second kappa shape index (κ2) is 7.04. The van der Waals surface area contributed by atoms with Gasteiger partial charge in [0.25, 0.3) is 5.91 Å². The number of carbonyl (C=O) groups is 1. The molecule has 0 radical (unpaired) electrons. The minimum atomic E-state index is -0.406. The molecule has 1 aromatic heterocycles. The SMILES string of the molecule is CCC(C)(C)NC(=O)c1ccc(Cn2nc(C)c([N+](=O)[O-])c2C)cc1. The fourth-order valence-electron chi connectivity index (χ4n) is 2.51. The van der Waals surface area contributed by atoms with Crippen LogP contribution in [0.2, 0.25) is 0 Å². The van der Waals surface area contributed by atoms with Crippen molar-refractivity contribution in [2.24, 2.45) is 0 Å². The van der Waals surface area contributed by atoms with E-state index in [1.165, 1.54) is 0 Å². The normalized spacial score (nSPS) is 11.4. The first kappa shape index (κ1) is 18.6. The summed E-state index contributed by atoms with van der Waals surface area (Å²) in [5.41, 5.74) is 2.24. The monoisotopic (exact) mass is 344 g/mol. The first-order valence-corrected chi connectivity index (χ1v) is 8.24. The third-order valence-corrected chi connectivity index (χ3v) is 4.41. The van der Waals surface area contributed by atoms with Gasteiger partial charge < -0.3 is 5.32 Å². The molecule has 1 N–H and O–H groups in total. The molecule has 134 valence electrons. The van der Waals surface area contributed by atoms with Gasteiger partial charge in [0.15, 0.2) is 0 Å². The number of amides is 1. The Morgan fingerprint density at radius 3 is 2.36 bits per heavy atom. The molecule has 1 heterocycles. The van der Waals surface area contributed by atoms with E-state index < -0.39 is 4.92 Å². The van der Waals surface area contributed by atoms with Gasteiger partial charge >= 0.3 is 5.69 Å². The summed E-state index contributed by atoms with van der Waals surface area (Å²) in [5, 5.41) is 18.3. The van der Waals surface area contributed by atoms with E-state index >= 15 is 0 Å². The number of carbonyl (C=O) groups excluding carboxylic acids is 1. The molecular weight excluding hydrogens is 320 g/mol. The highest BCUT2D eigenvalue weighted by molar-refractivity contribution is 5.94. The van der Waals surface area contributed by atoms with E-state index in [4.69, 9.17) is 0 Å². The summed E-state index contributed by atoms with van der Waals surface area (Å²) >= 11 is 0. The van der Waals surface area contributed by atoms with Crippen LogP contribution < -0.4 is 5.32 Å². The number of benzene rings is 1. The van der Waals surface area contributed by atoms with Gasteiger partial charge in [-0.25, -0.2) is 0 Å². The number of nitrogens with zero attached hydrogens (tertiary/aromatic N) is 3. The van der Waals surface area contributed by atoms with Crippen LogP contribution in [0.25, 0.3) is 0 Å². The maximum atomic E-state index is 12.3. The summed E-state index contributed by atoms with van der Waals surface area (Å²) < 4.78 is 1.61. The fourth-order valence-corrected chi connectivity index (χ4v) is 2.51. The summed E-state index contributed by atoms with van der Waals surface area (Å²) in [4.78, 5) is 22.9. The summed E-state index contributed by atoms with van der Waals surface area (Å²) in [6.07, 6.45) is 0.841. The first-order chi connectivity index (χ1) is 11.6. The molecule has 0 atom stereocenters. The lowest BCUT2D eigenvalue weighted by Crippen LogP contribution is -2.42. The molecule has 0 aliphatic heterocycles. The number of nitrogens with one attached hydrogen (secondary N) is 1. The quantitative estimate of drug-likeness (QED) is 0.642. The number of hydrogen-bond donors (Lipinski definition) is 1. The Bertz CT molecular complexity index is 791. The van der Waals surface area contributed by atoms with E-state index in [1.54, 1.807) is 30.7 Å². The molecule has 0 fully saturated rings. The fraction of sp³-hybridized carbons (Fsp3) is 0.444. The summed E-state index contributed by atoms with van der Waals surface area (Å²) in [7, 11) is 0. The molecule has 0 bridgehead atoms. The Balaban J connectivity index is 2.15. The number of aromatic nitrogens is 2. The minimum Gasteiger partial charge on any atom is -0.347 e. The van der Waals surface area contributed by atoms with Crippen LogP contribution in [-0.2, 0) is 6.54 Å². The second-order valence-corrected chi connectivity index (χ2v) is 6.82. The number of aryl methyl sites for hydroxylation is 1. The van der Waals surface area contributed by atoms with Crippen LogP contribution >= 0.6 is 0 Å². The van der Waals surface area contributed by atoms with Gasteiger partial charge in [-0.05, 0) is 51.8 Å². The molecule has 25 heavy (non-hydrogen) atoms. The van der Waals surface area contributed by atoms with Crippen LogP contribution in [0, 0.1) is 24.0 Å². The molecule has 7 nitrogen and oxygen atoms in total. The van der Waals surface area contributed by atoms with Gasteiger partial charge in [0.05, 0.1) is 11.5 Å². The molecule has 0 unspecified atom stereocenters. The van der Waals surface area contributed by atoms with Crippen molar-refractivity contribution in [2.75, 3.05) is 0 Å². The Morgan fingerprint density at radius 1 is 1.28 bits per heavy atom. The van der Waals surface area contributed by atoms with Crippen molar-refractivity contribution < 1.29 is 9.72 Å². The molecule has 0 aliphatic carbocycles.